The van der Waals surface area contributed by atoms with Gasteiger partial charge in [-0.05, 0) is 83.5 Å². The molecule has 8 atom stereocenters. The third-order valence-electron chi connectivity index (χ3n) is 8.46. The van der Waals surface area contributed by atoms with E-state index in [-0.39, 0.29) is 43.0 Å². The van der Waals surface area contributed by atoms with E-state index < -0.39 is 12.1 Å². The Bertz CT molecular complexity index is 750. The normalized spacial score (nSPS) is 31.3. The van der Waals surface area contributed by atoms with Gasteiger partial charge in [0.25, 0.3) is 0 Å². The molecule has 224 valence electrons. The van der Waals surface area contributed by atoms with Crippen LogP contribution in [-0.2, 0) is 23.7 Å². The molecule has 2 saturated heterocycles. The summed E-state index contributed by atoms with van der Waals surface area (Å²) in [4.78, 5) is 10.8. The summed E-state index contributed by atoms with van der Waals surface area (Å²) in [5, 5.41) is 20.0. The second kappa shape index (κ2) is 17.5. The van der Waals surface area contributed by atoms with Crippen molar-refractivity contribution in [3.8, 4) is 0 Å². The predicted octanol–water partition coefficient (Wildman–Crippen LogP) is 6.78. The van der Waals surface area contributed by atoms with E-state index in [0.717, 1.165) is 83.8 Å². The van der Waals surface area contributed by atoms with Crippen LogP contribution in [-0.4, -0.2) is 60.3 Å². The van der Waals surface area contributed by atoms with Gasteiger partial charge >= 0.3 is 5.97 Å². The summed E-state index contributed by atoms with van der Waals surface area (Å²) in [6, 6.07) is 0. The number of unbranched alkanes of at least 4 members (excludes halogenated alkanes) is 3. The molecule has 2 heterocycles. The molecular weight excluding hydrogens is 496 g/mol. The van der Waals surface area contributed by atoms with E-state index in [9.17, 15) is 9.90 Å². The summed E-state index contributed by atoms with van der Waals surface area (Å²) in [5.41, 5.74) is 1.31. The molecule has 4 unspecified atom stereocenters. The van der Waals surface area contributed by atoms with Crippen LogP contribution >= 0.6 is 0 Å². The fourth-order valence-corrected chi connectivity index (χ4v) is 6.08. The summed E-state index contributed by atoms with van der Waals surface area (Å²) in [5.74, 6) is -0.250. The maximum atomic E-state index is 11.1. The molecule has 0 aromatic heterocycles. The topological polar surface area (TPSA) is 94.5 Å². The van der Waals surface area contributed by atoms with Crippen LogP contribution < -0.4 is 0 Å². The first-order valence-corrected chi connectivity index (χ1v) is 15.6. The lowest BCUT2D eigenvalue weighted by atomic mass is 9.87. The third kappa shape index (κ3) is 11.6. The molecule has 7 nitrogen and oxygen atoms in total. The van der Waals surface area contributed by atoms with Crippen LogP contribution in [0, 0.1) is 17.8 Å². The highest BCUT2D eigenvalue weighted by Gasteiger charge is 2.43. The van der Waals surface area contributed by atoms with Crippen molar-refractivity contribution in [3.05, 3.63) is 23.8 Å². The van der Waals surface area contributed by atoms with Crippen molar-refractivity contribution < 1.29 is 34.0 Å². The van der Waals surface area contributed by atoms with Crippen molar-refractivity contribution >= 4 is 5.97 Å². The van der Waals surface area contributed by atoms with E-state index >= 15 is 0 Å². The Morgan fingerprint density at radius 2 is 1.69 bits per heavy atom. The van der Waals surface area contributed by atoms with E-state index in [2.05, 4.69) is 39.0 Å². The highest BCUT2D eigenvalue weighted by molar-refractivity contribution is 5.66. The van der Waals surface area contributed by atoms with Gasteiger partial charge in [-0.2, -0.15) is 0 Å². The zero-order valence-electron chi connectivity index (χ0n) is 24.6. The molecular formula is C32H54O7. The van der Waals surface area contributed by atoms with Gasteiger partial charge in [0.2, 0.25) is 0 Å². The number of ether oxygens (including phenoxy) is 4. The van der Waals surface area contributed by atoms with Gasteiger partial charge in [-0.15, -0.1) is 0 Å². The van der Waals surface area contributed by atoms with Crippen LogP contribution in [0.3, 0.4) is 0 Å². The van der Waals surface area contributed by atoms with Crippen molar-refractivity contribution in [1.82, 2.24) is 0 Å². The first-order chi connectivity index (χ1) is 18.8. The number of carboxylic acids is 1. The molecule has 0 amide bonds. The smallest absolute Gasteiger partial charge is 0.303 e. The first kappa shape index (κ1) is 32.3. The lowest BCUT2D eigenvalue weighted by Gasteiger charge is -2.31. The summed E-state index contributed by atoms with van der Waals surface area (Å²) in [6.07, 6.45) is 18.3. The molecule has 0 aromatic carbocycles. The summed E-state index contributed by atoms with van der Waals surface area (Å²) in [7, 11) is 0. The molecule has 1 aliphatic carbocycles. The van der Waals surface area contributed by atoms with Gasteiger partial charge in [-0.1, -0.05) is 50.0 Å². The average Bonchev–Trinajstić information content (AvgIpc) is 3.21. The maximum Gasteiger partial charge on any atom is 0.303 e. The second-order valence-corrected chi connectivity index (χ2v) is 12.1. The zero-order chi connectivity index (χ0) is 28.0. The molecule has 0 aromatic rings. The number of carboxylic acid groups (broad SMARTS) is 1. The number of rotatable bonds is 16. The molecule has 3 aliphatic rings. The van der Waals surface area contributed by atoms with Crippen LogP contribution in [0.25, 0.3) is 0 Å². The van der Waals surface area contributed by atoms with E-state index in [1.165, 1.54) is 5.57 Å². The number of aliphatic hydroxyl groups excluding tert-OH is 1. The Kier molecular flexibility index (Phi) is 14.5. The number of carbonyl (C=O) groups is 1. The highest BCUT2D eigenvalue weighted by Crippen LogP contribution is 2.40. The van der Waals surface area contributed by atoms with E-state index in [1.807, 2.05) is 0 Å². The van der Waals surface area contributed by atoms with E-state index in [1.54, 1.807) is 0 Å². The molecule has 2 aliphatic heterocycles. The fraction of sp³-hybridized carbons (Fsp3) is 0.844. The van der Waals surface area contributed by atoms with Crippen molar-refractivity contribution in [1.29, 1.82) is 0 Å². The zero-order valence-corrected chi connectivity index (χ0v) is 24.6. The molecule has 39 heavy (non-hydrogen) atoms. The SMILES string of the molecule is CC(C)=CCC(C)C(C=C[C@@H]1[C@@H](CCCCCCC(=O)O)[C@@H](O)C[C@H]1OC1CCCCO1)OC1CCCCO1. The van der Waals surface area contributed by atoms with Crippen molar-refractivity contribution in [3.63, 3.8) is 0 Å². The number of allylic oxidation sites excluding steroid dienone is 2. The van der Waals surface area contributed by atoms with Crippen LogP contribution in [0.4, 0.5) is 0 Å². The summed E-state index contributed by atoms with van der Waals surface area (Å²) >= 11 is 0. The van der Waals surface area contributed by atoms with Crippen LogP contribution in [0.5, 0.6) is 0 Å². The molecule has 7 heteroatoms. The molecule has 3 rings (SSSR count). The monoisotopic (exact) mass is 550 g/mol. The minimum atomic E-state index is -0.731. The molecule has 1 saturated carbocycles. The van der Waals surface area contributed by atoms with Crippen molar-refractivity contribution in [2.24, 2.45) is 17.8 Å². The third-order valence-corrected chi connectivity index (χ3v) is 8.46. The van der Waals surface area contributed by atoms with Gasteiger partial charge in [0.05, 0.1) is 18.3 Å². The second-order valence-electron chi connectivity index (χ2n) is 12.1. The van der Waals surface area contributed by atoms with Crippen LogP contribution in [0.15, 0.2) is 23.8 Å². The van der Waals surface area contributed by atoms with Gasteiger partial charge in [-0.3, -0.25) is 4.79 Å². The van der Waals surface area contributed by atoms with Gasteiger partial charge in [0, 0.05) is 32.0 Å². The number of hydrogen-bond acceptors (Lipinski definition) is 6. The van der Waals surface area contributed by atoms with Gasteiger partial charge in [0.1, 0.15) is 0 Å². The standard InChI is InChI=1S/C32H54O7/c1-23(2)16-17-24(3)28(38-31-14-8-10-20-36-31)19-18-26-25(12-6-4-5-7-13-30(34)35)27(33)22-29(26)39-32-15-9-11-21-37-32/h16,18-19,24-29,31-33H,4-15,17,20-22H2,1-3H3,(H,34,35)/t24?,25-,26-,27+,28?,29-,31?,32?/m1/s1. The molecule has 3 fully saturated rings. The average molecular weight is 551 g/mol. The number of aliphatic hydroxyl groups is 1. The Balaban J connectivity index is 1.70. The number of aliphatic carboxylic acids is 1. The summed E-state index contributed by atoms with van der Waals surface area (Å²) in [6.45, 7) is 7.98. The fourth-order valence-electron chi connectivity index (χ4n) is 6.08. The predicted molar refractivity (Wildman–Crippen MR) is 152 cm³/mol. The molecule has 0 spiro atoms. The van der Waals surface area contributed by atoms with Gasteiger partial charge in [-0.25, -0.2) is 0 Å². The summed E-state index contributed by atoms with van der Waals surface area (Å²) < 4.78 is 24.8. The van der Waals surface area contributed by atoms with Crippen molar-refractivity contribution in [2.45, 2.75) is 142 Å². The lowest BCUT2D eigenvalue weighted by molar-refractivity contribution is -0.193. The minimum absolute atomic E-state index is 0.0790. The largest absolute Gasteiger partial charge is 0.481 e. The minimum Gasteiger partial charge on any atom is -0.481 e. The van der Waals surface area contributed by atoms with Gasteiger partial charge in [0.15, 0.2) is 12.6 Å². The van der Waals surface area contributed by atoms with Crippen molar-refractivity contribution in [2.75, 3.05) is 13.2 Å². The van der Waals surface area contributed by atoms with E-state index in [4.69, 9.17) is 24.1 Å². The van der Waals surface area contributed by atoms with Crippen LogP contribution in [0.2, 0.25) is 0 Å². The maximum absolute atomic E-state index is 11.1. The lowest BCUT2D eigenvalue weighted by Crippen LogP contribution is -2.32. The van der Waals surface area contributed by atoms with Crippen LogP contribution in [0.1, 0.15) is 111 Å². The molecule has 0 radical (unpaired) electrons. The first-order valence-electron chi connectivity index (χ1n) is 15.6. The molecule has 0 bridgehead atoms. The quantitative estimate of drug-likeness (QED) is 0.162. The highest BCUT2D eigenvalue weighted by atomic mass is 16.7. The van der Waals surface area contributed by atoms with Gasteiger partial charge < -0.3 is 29.2 Å². The Labute approximate surface area is 236 Å². The molecule has 2 N–H and O–H groups in total. The Morgan fingerprint density at radius 1 is 1.00 bits per heavy atom. The Morgan fingerprint density at radius 3 is 2.33 bits per heavy atom. The number of hydrogen-bond donors (Lipinski definition) is 2. The Hall–Kier alpha value is -1.25. The van der Waals surface area contributed by atoms with E-state index in [0.29, 0.717) is 18.8 Å².